The van der Waals surface area contributed by atoms with Crippen molar-refractivity contribution in [2.45, 2.75) is 33.9 Å². The van der Waals surface area contributed by atoms with Gasteiger partial charge in [-0.25, -0.2) is 10.6 Å². The van der Waals surface area contributed by atoms with E-state index in [9.17, 15) is 9.59 Å². The normalized spacial score (nSPS) is 10.6. The van der Waals surface area contributed by atoms with Crippen molar-refractivity contribution in [3.05, 3.63) is 88.1 Å². The van der Waals surface area contributed by atoms with E-state index in [1.807, 2.05) is 44.2 Å². The highest BCUT2D eigenvalue weighted by Gasteiger charge is 2.06. The van der Waals surface area contributed by atoms with E-state index in [1.165, 1.54) is 11.2 Å². The van der Waals surface area contributed by atoms with Crippen LogP contribution < -0.4 is 17.1 Å². The molecule has 7 nitrogen and oxygen atoms in total. The fourth-order valence-electron chi connectivity index (χ4n) is 2.42. The first-order valence-electron chi connectivity index (χ1n) is 8.93. The molecule has 0 atom stereocenters. The van der Waals surface area contributed by atoms with Gasteiger partial charge in [0.05, 0.1) is 13.1 Å². The van der Waals surface area contributed by atoms with Crippen molar-refractivity contribution in [3.8, 4) is 0 Å². The highest BCUT2D eigenvalue weighted by Crippen LogP contribution is 2.09. The maximum Gasteiger partial charge on any atom is 0.353 e. The van der Waals surface area contributed by atoms with Gasteiger partial charge in [-0.15, -0.1) is 0 Å². The molecular formula is C21H28N4O3. The second-order valence-electron chi connectivity index (χ2n) is 6.01. The van der Waals surface area contributed by atoms with Crippen molar-refractivity contribution >= 4 is 11.5 Å². The third-order valence-electron chi connectivity index (χ3n) is 3.77. The van der Waals surface area contributed by atoms with E-state index in [1.54, 1.807) is 23.8 Å². The van der Waals surface area contributed by atoms with Crippen LogP contribution in [0.1, 0.15) is 37.5 Å². The molecule has 2 aromatic rings. The van der Waals surface area contributed by atoms with Crippen molar-refractivity contribution in [1.82, 2.24) is 9.58 Å². The number of carboxylic acid groups (broad SMARTS) is 1. The Hall–Kier alpha value is -3.32. The SMILES string of the molecule is C=C(C)c1cccn(Cc2ccc(CN(N)/C=C(\N)C(=O)O)cc2)c1=O.CC. The lowest BCUT2D eigenvalue weighted by atomic mass is 10.1. The lowest BCUT2D eigenvalue weighted by Gasteiger charge is -2.14. The molecule has 0 aliphatic carbocycles. The van der Waals surface area contributed by atoms with Crippen LogP contribution in [0.4, 0.5) is 0 Å². The van der Waals surface area contributed by atoms with E-state index < -0.39 is 5.97 Å². The Morgan fingerprint density at radius 2 is 1.79 bits per heavy atom. The van der Waals surface area contributed by atoms with Gasteiger partial charge < -0.3 is 20.4 Å². The molecule has 0 spiro atoms. The molecular weight excluding hydrogens is 356 g/mol. The number of pyridine rings is 1. The van der Waals surface area contributed by atoms with Gasteiger partial charge in [0.2, 0.25) is 0 Å². The predicted octanol–water partition coefficient (Wildman–Crippen LogP) is 2.52. The van der Waals surface area contributed by atoms with Crippen LogP contribution in [0.5, 0.6) is 0 Å². The molecule has 2 rings (SSSR count). The van der Waals surface area contributed by atoms with Gasteiger partial charge in [0, 0.05) is 18.0 Å². The summed E-state index contributed by atoms with van der Waals surface area (Å²) in [5.74, 6) is 4.51. The topological polar surface area (TPSA) is 115 Å². The van der Waals surface area contributed by atoms with Crippen LogP contribution in [0, 0.1) is 0 Å². The highest BCUT2D eigenvalue weighted by atomic mass is 16.4. The van der Waals surface area contributed by atoms with Gasteiger partial charge in [-0.2, -0.15) is 0 Å². The number of allylic oxidation sites excluding steroid dienone is 1. The highest BCUT2D eigenvalue weighted by molar-refractivity contribution is 5.85. The zero-order valence-electron chi connectivity index (χ0n) is 16.6. The summed E-state index contributed by atoms with van der Waals surface area (Å²) in [7, 11) is 0. The summed E-state index contributed by atoms with van der Waals surface area (Å²) in [5.41, 5.74) is 8.10. The molecule has 0 aliphatic heterocycles. The Balaban J connectivity index is 0.00000190. The molecule has 0 unspecified atom stereocenters. The number of rotatable bonds is 7. The Bertz CT molecular complexity index is 899. The van der Waals surface area contributed by atoms with Crippen LogP contribution in [-0.4, -0.2) is 20.7 Å². The summed E-state index contributed by atoms with van der Waals surface area (Å²) in [4.78, 5) is 23.1. The summed E-state index contributed by atoms with van der Waals surface area (Å²) < 4.78 is 1.63. The number of nitrogens with zero attached hydrogens (tertiary/aromatic N) is 2. The summed E-state index contributed by atoms with van der Waals surface area (Å²) in [6, 6.07) is 11.1. The maximum atomic E-state index is 12.4. The van der Waals surface area contributed by atoms with Crippen molar-refractivity contribution in [2.24, 2.45) is 11.6 Å². The predicted molar refractivity (Wildman–Crippen MR) is 112 cm³/mol. The van der Waals surface area contributed by atoms with Gasteiger partial charge in [-0.05, 0) is 35.8 Å². The van der Waals surface area contributed by atoms with Gasteiger partial charge in [-0.3, -0.25) is 4.79 Å². The molecule has 5 N–H and O–H groups in total. The Morgan fingerprint density at radius 1 is 1.21 bits per heavy atom. The zero-order valence-corrected chi connectivity index (χ0v) is 16.6. The van der Waals surface area contributed by atoms with Crippen LogP contribution in [-0.2, 0) is 17.9 Å². The molecule has 0 radical (unpaired) electrons. The second kappa shape index (κ2) is 10.7. The second-order valence-corrected chi connectivity index (χ2v) is 6.01. The van der Waals surface area contributed by atoms with E-state index in [0.717, 1.165) is 16.7 Å². The van der Waals surface area contributed by atoms with Crippen molar-refractivity contribution in [1.29, 1.82) is 0 Å². The number of aromatic nitrogens is 1. The van der Waals surface area contributed by atoms with E-state index in [4.69, 9.17) is 16.7 Å². The number of hydrogen-bond acceptors (Lipinski definition) is 5. The summed E-state index contributed by atoms with van der Waals surface area (Å²) >= 11 is 0. The van der Waals surface area contributed by atoms with E-state index in [-0.39, 0.29) is 11.3 Å². The van der Waals surface area contributed by atoms with Crippen LogP contribution >= 0.6 is 0 Å². The first kappa shape index (κ1) is 22.7. The van der Waals surface area contributed by atoms with Crippen molar-refractivity contribution in [2.75, 3.05) is 0 Å². The lowest BCUT2D eigenvalue weighted by Crippen LogP contribution is -2.27. The third-order valence-corrected chi connectivity index (χ3v) is 3.77. The van der Waals surface area contributed by atoms with Crippen LogP contribution in [0.2, 0.25) is 0 Å². The van der Waals surface area contributed by atoms with E-state index in [0.29, 0.717) is 18.7 Å². The van der Waals surface area contributed by atoms with Crippen LogP contribution in [0.3, 0.4) is 0 Å². The average Bonchev–Trinajstić information content (AvgIpc) is 2.66. The Kier molecular flexibility index (Phi) is 8.71. The number of aliphatic carboxylic acids is 1. The molecule has 7 heteroatoms. The van der Waals surface area contributed by atoms with Crippen molar-refractivity contribution in [3.63, 3.8) is 0 Å². The minimum Gasteiger partial charge on any atom is -0.477 e. The monoisotopic (exact) mass is 384 g/mol. The zero-order chi connectivity index (χ0) is 21.3. The summed E-state index contributed by atoms with van der Waals surface area (Å²) in [5, 5.41) is 9.95. The van der Waals surface area contributed by atoms with Gasteiger partial charge in [0.25, 0.3) is 5.56 Å². The molecule has 28 heavy (non-hydrogen) atoms. The number of carbonyl (C=O) groups is 1. The standard InChI is InChI=1S/C19H22N4O3.C2H6/c1-13(2)16-4-3-9-22(18(16)24)10-14-5-7-15(8-6-14)11-23(21)12-17(20)19(25)26;1-2/h3-9,12H,1,10-11,20-21H2,2H3,(H,25,26);1-2H3/b17-12-;. The molecule has 0 fully saturated rings. The number of hydrogen-bond donors (Lipinski definition) is 3. The smallest absolute Gasteiger partial charge is 0.353 e. The summed E-state index contributed by atoms with van der Waals surface area (Å²) in [6.45, 7) is 10.4. The minimum absolute atomic E-state index is 0.0773. The number of carboxylic acids is 1. The quantitative estimate of drug-likeness (QED) is 0.384. The fourth-order valence-corrected chi connectivity index (χ4v) is 2.42. The largest absolute Gasteiger partial charge is 0.477 e. The molecule has 150 valence electrons. The molecule has 0 bridgehead atoms. The lowest BCUT2D eigenvalue weighted by molar-refractivity contribution is -0.132. The van der Waals surface area contributed by atoms with Crippen LogP contribution in [0.25, 0.3) is 5.57 Å². The third kappa shape index (κ3) is 6.44. The Morgan fingerprint density at radius 3 is 2.32 bits per heavy atom. The molecule has 1 heterocycles. The first-order valence-corrected chi connectivity index (χ1v) is 8.93. The molecule has 1 aromatic heterocycles. The number of nitrogens with two attached hydrogens (primary N) is 2. The molecule has 1 aromatic carbocycles. The first-order chi connectivity index (χ1) is 13.3. The maximum absolute atomic E-state index is 12.4. The van der Waals surface area contributed by atoms with Gasteiger partial charge in [0.15, 0.2) is 0 Å². The van der Waals surface area contributed by atoms with Gasteiger partial charge in [-0.1, -0.05) is 44.7 Å². The number of hydrazine groups is 1. The van der Waals surface area contributed by atoms with Crippen molar-refractivity contribution < 1.29 is 9.90 Å². The number of benzene rings is 1. The van der Waals surface area contributed by atoms with Gasteiger partial charge >= 0.3 is 5.97 Å². The van der Waals surface area contributed by atoms with E-state index >= 15 is 0 Å². The fraction of sp³-hybridized carbons (Fsp3) is 0.238. The molecule has 0 saturated heterocycles. The molecule has 0 amide bonds. The summed E-state index contributed by atoms with van der Waals surface area (Å²) in [6.07, 6.45) is 2.91. The molecule has 0 saturated carbocycles. The average molecular weight is 384 g/mol. The minimum atomic E-state index is -1.22. The molecule has 0 aliphatic rings. The van der Waals surface area contributed by atoms with Gasteiger partial charge in [0.1, 0.15) is 5.70 Å². The Labute approximate surface area is 165 Å². The van der Waals surface area contributed by atoms with Crippen LogP contribution in [0.15, 0.2) is 65.9 Å². The van der Waals surface area contributed by atoms with E-state index in [2.05, 4.69) is 6.58 Å².